The first-order valence-electron chi connectivity index (χ1n) is 4.41. The third kappa shape index (κ3) is 3.37. The van der Waals surface area contributed by atoms with E-state index in [0.717, 1.165) is 5.69 Å². The smallest absolute Gasteiger partial charge is 0.234 e. The van der Waals surface area contributed by atoms with Crippen LogP contribution in [-0.4, -0.2) is 24.4 Å². The number of nitrogens with one attached hydrogen (secondary N) is 2. The average molecular weight is 217 g/mol. The van der Waals surface area contributed by atoms with Crippen molar-refractivity contribution in [3.63, 3.8) is 0 Å². The Morgan fingerprint density at radius 1 is 1.57 bits per heavy atom. The Kier molecular flexibility index (Phi) is 3.15. The number of aryl methyl sites for hydroxylation is 1. The Balaban J connectivity index is 2.69. The second-order valence-electron chi connectivity index (χ2n) is 3.71. The maximum Gasteiger partial charge on any atom is 0.234 e. The first kappa shape index (κ1) is 11.0. The summed E-state index contributed by atoms with van der Waals surface area (Å²) in [6, 6.07) is 1.65. The predicted molar refractivity (Wildman–Crippen MR) is 55.6 cm³/mol. The molecule has 2 N–H and O–H groups in total. The molecule has 0 aliphatic heterocycles. The number of H-pyrrole nitrogens is 1. The van der Waals surface area contributed by atoms with Gasteiger partial charge in [0.2, 0.25) is 10.0 Å². The average Bonchev–Trinajstić information content (AvgIpc) is 2.30. The molecular weight excluding hydrogens is 202 g/mol. The van der Waals surface area contributed by atoms with E-state index in [0.29, 0.717) is 5.82 Å². The van der Waals surface area contributed by atoms with Gasteiger partial charge >= 0.3 is 0 Å². The standard InChI is InChI=1S/C8H15N3O2S/c1-6(2)5-14(12,13)11-8-4-7(3)9-10-8/h4,6H,5H2,1-3H3,(H2,9,10,11). The van der Waals surface area contributed by atoms with Crippen molar-refractivity contribution < 1.29 is 8.42 Å². The highest BCUT2D eigenvalue weighted by Crippen LogP contribution is 2.08. The van der Waals surface area contributed by atoms with Crippen molar-refractivity contribution in [3.8, 4) is 0 Å². The van der Waals surface area contributed by atoms with Gasteiger partial charge < -0.3 is 0 Å². The molecule has 0 amide bonds. The number of hydrogen-bond acceptors (Lipinski definition) is 3. The Morgan fingerprint density at radius 3 is 2.64 bits per heavy atom. The van der Waals surface area contributed by atoms with Gasteiger partial charge in [-0.1, -0.05) is 13.8 Å². The lowest BCUT2D eigenvalue weighted by atomic mass is 10.3. The number of aromatic amines is 1. The third-order valence-corrected chi connectivity index (χ3v) is 3.14. The number of nitrogens with zero attached hydrogens (tertiary/aromatic N) is 1. The van der Waals surface area contributed by atoms with Crippen molar-refractivity contribution in [2.45, 2.75) is 20.8 Å². The molecule has 80 valence electrons. The van der Waals surface area contributed by atoms with Gasteiger partial charge in [0.25, 0.3) is 0 Å². The summed E-state index contributed by atoms with van der Waals surface area (Å²) < 4.78 is 25.3. The molecule has 0 unspecified atom stereocenters. The topological polar surface area (TPSA) is 74.8 Å². The Morgan fingerprint density at radius 2 is 2.21 bits per heavy atom. The molecule has 0 aliphatic rings. The zero-order chi connectivity index (χ0) is 10.8. The van der Waals surface area contributed by atoms with E-state index in [-0.39, 0.29) is 11.7 Å². The molecule has 0 bridgehead atoms. The van der Waals surface area contributed by atoms with Gasteiger partial charge in [-0.3, -0.25) is 9.82 Å². The third-order valence-electron chi connectivity index (χ3n) is 1.52. The summed E-state index contributed by atoms with van der Waals surface area (Å²) in [7, 11) is -3.25. The monoisotopic (exact) mass is 217 g/mol. The molecule has 0 fully saturated rings. The summed E-state index contributed by atoms with van der Waals surface area (Å²) in [6.45, 7) is 5.53. The van der Waals surface area contributed by atoms with Crippen molar-refractivity contribution in [2.24, 2.45) is 5.92 Å². The van der Waals surface area contributed by atoms with Gasteiger partial charge in [-0.25, -0.2) is 8.42 Å². The van der Waals surface area contributed by atoms with E-state index in [1.54, 1.807) is 6.07 Å². The molecule has 6 heteroatoms. The Bertz CT molecular complexity index is 394. The molecule has 0 aromatic carbocycles. The van der Waals surface area contributed by atoms with E-state index in [9.17, 15) is 8.42 Å². The molecule has 1 aromatic rings. The summed E-state index contributed by atoms with van der Waals surface area (Å²) in [5.74, 6) is 0.564. The van der Waals surface area contributed by atoms with Crippen LogP contribution in [0.3, 0.4) is 0 Å². The van der Waals surface area contributed by atoms with E-state index in [1.807, 2.05) is 20.8 Å². The van der Waals surface area contributed by atoms with E-state index in [2.05, 4.69) is 14.9 Å². The second-order valence-corrected chi connectivity index (χ2v) is 5.48. The van der Waals surface area contributed by atoms with Gasteiger partial charge in [0.05, 0.1) is 5.75 Å². The molecule has 0 aliphatic carbocycles. The minimum absolute atomic E-state index is 0.104. The van der Waals surface area contributed by atoms with Crippen molar-refractivity contribution >= 4 is 15.8 Å². The van der Waals surface area contributed by atoms with Crippen molar-refractivity contribution in [2.75, 3.05) is 10.5 Å². The fourth-order valence-corrected chi connectivity index (χ4v) is 2.49. The zero-order valence-electron chi connectivity index (χ0n) is 8.53. The lowest BCUT2D eigenvalue weighted by Crippen LogP contribution is -2.20. The lowest BCUT2D eigenvalue weighted by Gasteiger charge is -2.06. The van der Waals surface area contributed by atoms with Crippen LogP contribution in [0.15, 0.2) is 6.07 Å². The largest absolute Gasteiger partial charge is 0.281 e. The molecule has 0 atom stereocenters. The van der Waals surface area contributed by atoms with Crippen LogP contribution in [0.5, 0.6) is 0 Å². The Labute approximate surface area is 84.0 Å². The van der Waals surface area contributed by atoms with Crippen LogP contribution in [0.2, 0.25) is 0 Å². The van der Waals surface area contributed by atoms with Crippen LogP contribution >= 0.6 is 0 Å². The number of hydrogen-bond donors (Lipinski definition) is 2. The summed E-state index contributed by atoms with van der Waals surface area (Å²) in [4.78, 5) is 0. The van der Waals surface area contributed by atoms with Gasteiger partial charge in [-0.2, -0.15) is 5.10 Å². The summed E-state index contributed by atoms with van der Waals surface area (Å²) in [5, 5.41) is 6.46. The minimum Gasteiger partial charge on any atom is -0.281 e. The number of rotatable bonds is 4. The minimum atomic E-state index is -3.25. The van der Waals surface area contributed by atoms with Crippen molar-refractivity contribution in [1.82, 2.24) is 10.2 Å². The van der Waals surface area contributed by atoms with Crippen molar-refractivity contribution in [1.29, 1.82) is 0 Å². The van der Waals surface area contributed by atoms with E-state index >= 15 is 0 Å². The summed E-state index contributed by atoms with van der Waals surface area (Å²) >= 11 is 0. The molecule has 0 spiro atoms. The molecule has 0 saturated carbocycles. The quantitative estimate of drug-likeness (QED) is 0.793. The highest BCUT2D eigenvalue weighted by Gasteiger charge is 2.13. The molecule has 5 nitrogen and oxygen atoms in total. The SMILES string of the molecule is Cc1cc(NS(=O)(=O)CC(C)C)n[nH]1. The van der Waals surface area contributed by atoms with E-state index < -0.39 is 10.0 Å². The van der Waals surface area contributed by atoms with Crippen LogP contribution in [0.1, 0.15) is 19.5 Å². The van der Waals surface area contributed by atoms with Crippen LogP contribution in [0, 0.1) is 12.8 Å². The van der Waals surface area contributed by atoms with E-state index in [1.165, 1.54) is 0 Å². The highest BCUT2D eigenvalue weighted by atomic mass is 32.2. The van der Waals surface area contributed by atoms with Crippen molar-refractivity contribution in [3.05, 3.63) is 11.8 Å². The Hall–Kier alpha value is -1.04. The summed E-state index contributed by atoms with van der Waals surface area (Å²) in [6.07, 6.45) is 0. The normalized spacial score (nSPS) is 12.0. The first-order chi connectivity index (χ1) is 6.39. The predicted octanol–water partition coefficient (Wildman–Crippen LogP) is 1.12. The van der Waals surface area contributed by atoms with Gasteiger partial charge in [0.15, 0.2) is 5.82 Å². The van der Waals surface area contributed by atoms with E-state index in [4.69, 9.17) is 0 Å². The van der Waals surface area contributed by atoms with Gasteiger partial charge in [0, 0.05) is 11.8 Å². The van der Waals surface area contributed by atoms with Gasteiger partial charge in [0.1, 0.15) is 0 Å². The van der Waals surface area contributed by atoms with Crippen LogP contribution < -0.4 is 4.72 Å². The molecule has 14 heavy (non-hydrogen) atoms. The molecule has 1 aromatic heterocycles. The van der Waals surface area contributed by atoms with Crippen LogP contribution in [0.25, 0.3) is 0 Å². The number of anilines is 1. The van der Waals surface area contributed by atoms with Crippen LogP contribution in [-0.2, 0) is 10.0 Å². The van der Waals surface area contributed by atoms with Crippen LogP contribution in [0.4, 0.5) is 5.82 Å². The maximum absolute atomic E-state index is 11.5. The number of sulfonamides is 1. The molecule has 0 saturated heterocycles. The van der Waals surface area contributed by atoms with Gasteiger partial charge in [-0.15, -0.1) is 0 Å². The maximum atomic E-state index is 11.5. The summed E-state index contributed by atoms with van der Waals surface area (Å²) in [5.41, 5.74) is 0.826. The molecule has 0 radical (unpaired) electrons. The fourth-order valence-electron chi connectivity index (χ4n) is 1.11. The molecular formula is C8H15N3O2S. The molecule has 1 rings (SSSR count). The number of aromatic nitrogens is 2. The second kappa shape index (κ2) is 4.00. The van der Waals surface area contributed by atoms with Gasteiger partial charge in [-0.05, 0) is 12.8 Å². The molecule has 1 heterocycles. The highest BCUT2D eigenvalue weighted by molar-refractivity contribution is 7.92. The lowest BCUT2D eigenvalue weighted by molar-refractivity contribution is 0.587. The fraction of sp³-hybridized carbons (Fsp3) is 0.625. The zero-order valence-corrected chi connectivity index (χ0v) is 9.35. The first-order valence-corrected chi connectivity index (χ1v) is 6.07.